The Balaban J connectivity index is 0.000000322. The number of hydrogen-bond donors (Lipinski definition) is 3. The van der Waals surface area contributed by atoms with Gasteiger partial charge >= 0.3 is 51.4 Å². The average molecular weight is 509 g/mol. The van der Waals surface area contributed by atoms with Crippen molar-refractivity contribution in [3.05, 3.63) is 101 Å². The van der Waals surface area contributed by atoms with E-state index in [0.29, 0.717) is 20.9 Å². The molecule has 0 radical (unpaired) electrons. The molecular weight excluding hydrogens is 479 g/mol. The van der Waals surface area contributed by atoms with E-state index < -0.39 is 5.56 Å². The molecule has 33 heavy (non-hydrogen) atoms. The monoisotopic (exact) mass is 508 g/mol. The van der Waals surface area contributed by atoms with Crippen LogP contribution in [0.25, 0.3) is 0 Å². The largest absolute Gasteiger partial charge is 1.00 e. The number of nitrogens with zero attached hydrogens (tertiary/aromatic N) is 1. The quantitative estimate of drug-likeness (QED) is 0.232. The molecule has 1 aromatic heterocycles. The Bertz CT molecular complexity index is 1050. The van der Waals surface area contributed by atoms with Gasteiger partial charge in [-0.05, 0) is 30.5 Å². The van der Waals surface area contributed by atoms with Crippen molar-refractivity contribution < 1.29 is 51.4 Å². The number of aromatic amines is 1. The van der Waals surface area contributed by atoms with Gasteiger partial charge in [0.25, 0.3) is 0 Å². The maximum atomic E-state index is 11.0. The van der Waals surface area contributed by atoms with Crippen LogP contribution in [0.2, 0.25) is 0 Å². The number of fused-ring (bicyclic) bond motifs is 1. The van der Waals surface area contributed by atoms with Gasteiger partial charge < -0.3 is 34.9 Å². The summed E-state index contributed by atoms with van der Waals surface area (Å²) in [5.41, 5.74) is 8.20. The van der Waals surface area contributed by atoms with Crippen LogP contribution in [-0.2, 0) is 0 Å². The minimum atomic E-state index is -0.391. The fourth-order valence-electron chi connectivity index (χ4n) is 3.73. The topological polar surface area (TPSA) is 83.8 Å². The van der Waals surface area contributed by atoms with E-state index in [0.717, 1.165) is 19.3 Å². The minimum Gasteiger partial charge on any atom is -0.451 e. The molecule has 3 rings (SSSR count). The van der Waals surface area contributed by atoms with E-state index in [1.165, 1.54) is 29.2 Å². The molecule has 1 aliphatic rings. The van der Waals surface area contributed by atoms with Crippen molar-refractivity contribution in [3.8, 4) is 0 Å². The summed E-state index contributed by atoms with van der Waals surface area (Å²) in [7, 11) is 0. The van der Waals surface area contributed by atoms with Crippen molar-refractivity contribution in [1.29, 1.82) is 0 Å². The van der Waals surface area contributed by atoms with Crippen LogP contribution in [0.15, 0.2) is 74.6 Å². The molecule has 0 aliphatic carbocycles. The Morgan fingerprint density at radius 3 is 2.61 bits per heavy atom. The third kappa shape index (κ3) is 7.85. The standard InChI is InChI=1S/C14H19N.C11H11ClN3OS.K/c1-4-12-11-9-7-8-10-13(11)15-14(12,5-2)6-3;1-3-4-8(11(12)7(2)13)17-10-6-14-5-9(16)15-10;/h7-10,12,15H,2-6H2,1H3;3-4,6H,2,13H2,1H3,(H,15,16);/q-2;-1;+1/b;4-3-,11-8-;/t12-;;/m1../s1. The molecule has 1 aromatic carbocycles. The normalized spacial score (nSPS) is 16.6. The number of nitrogens with two attached hydrogens (primary N) is 1. The Labute approximate surface area is 249 Å². The minimum absolute atomic E-state index is 0. The summed E-state index contributed by atoms with van der Waals surface area (Å²) in [6.45, 7) is 15.8. The van der Waals surface area contributed by atoms with Gasteiger partial charge in [-0.1, -0.05) is 79.6 Å². The van der Waals surface area contributed by atoms with Crippen molar-refractivity contribution in [3.63, 3.8) is 0 Å². The van der Waals surface area contributed by atoms with Crippen LogP contribution in [0, 0.1) is 20.0 Å². The fraction of sp³-hybridized carbons (Fsp3) is 0.280. The molecule has 172 valence electrons. The van der Waals surface area contributed by atoms with Crippen LogP contribution < -0.4 is 68.0 Å². The predicted molar refractivity (Wildman–Crippen MR) is 136 cm³/mol. The molecular formula is C25H30ClKN4OS-2. The Kier molecular flexibility index (Phi) is 13.3. The second-order valence-electron chi connectivity index (χ2n) is 7.32. The molecule has 0 fully saturated rings. The zero-order valence-corrected chi connectivity index (χ0v) is 24.3. The van der Waals surface area contributed by atoms with Crippen LogP contribution in [0.3, 0.4) is 0 Å². The number of thioether (sulfide) groups is 1. The van der Waals surface area contributed by atoms with Crippen molar-refractivity contribution in [2.75, 3.05) is 5.32 Å². The first kappa shape index (κ1) is 30.2. The molecule has 4 N–H and O–H groups in total. The first-order chi connectivity index (χ1) is 15.3. The zero-order valence-electron chi connectivity index (χ0n) is 19.6. The van der Waals surface area contributed by atoms with Gasteiger partial charge in [-0.3, -0.25) is 4.79 Å². The van der Waals surface area contributed by atoms with E-state index in [1.54, 1.807) is 6.08 Å². The second-order valence-corrected chi connectivity index (χ2v) is 8.78. The van der Waals surface area contributed by atoms with E-state index in [1.807, 2.05) is 13.0 Å². The first-order valence-electron chi connectivity index (χ1n) is 10.4. The molecule has 8 heteroatoms. The van der Waals surface area contributed by atoms with E-state index in [2.05, 4.69) is 73.1 Å². The Morgan fingerprint density at radius 2 is 2.06 bits per heavy atom. The molecule has 0 saturated carbocycles. The number of nitrogens with one attached hydrogen (secondary N) is 2. The van der Waals surface area contributed by atoms with Crippen LogP contribution in [0.4, 0.5) is 5.69 Å². The number of anilines is 1. The van der Waals surface area contributed by atoms with Gasteiger partial charge in [0.05, 0.1) is 5.03 Å². The predicted octanol–water partition coefficient (Wildman–Crippen LogP) is 2.96. The van der Waals surface area contributed by atoms with E-state index in [-0.39, 0.29) is 62.6 Å². The average Bonchev–Trinajstić information content (AvgIpc) is 3.12. The van der Waals surface area contributed by atoms with Gasteiger partial charge in [0, 0.05) is 27.2 Å². The van der Waals surface area contributed by atoms with Crippen LogP contribution in [0.1, 0.15) is 44.6 Å². The van der Waals surface area contributed by atoms with Gasteiger partial charge in [0.15, 0.2) is 5.56 Å². The molecule has 0 bridgehead atoms. The van der Waals surface area contributed by atoms with Crippen LogP contribution in [-0.4, -0.2) is 15.5 Å². The molecule has 1 atom stereocenters. The second kappa shape index (κ2) is 14.6. The summed E-state index contributed by atoms with van der Waals surface area (Å²) in [5.74, 6) is 0.559. The molecule has 2 heterocycles. The van der Waals surface area contributed by atoms with Crippen LogP contribution >= 0.6 is 23.4 Å². The maximum absolute atomic E-state index is 11.0. The molecule has 0 saturated heterocycles. The van der Waals surface area contributed by atoms with Crippen molar-refractivity contribution in [2.45, 2.75) is 49.6 Å². The summed E-state index contributed by atoms with van der Waals surface area (Å²) in [4.78, 5) is 18.0. The summed E-state index contributed by atoms with van der Waals surface area (Å²) in [6.07, 6.45) is 10.3. The molecule has 1 aliphatic heterocycles. The number of halogens is 1. The number of aromatic nitrogens is 2. The van der Waals surface area contributed by atoms with Gasteiger partial charge in [-0.25, -0.2) is 0 Å². The van der Waals surface area contributed by atoms with Crippen molar-refractivity contribution in [2.24, 2.45) is 5.73 Å². The third-order valence-electron chi connectivity index (χ3n) is 5.31. The summed E-state index contributed by atoms with van der Waals surface area (Å²) in [5, 5.41) is 4.53. The number of para-hydroxylation sites is 1. The summed E-state index contributed by atoms with van der Waals surface area (Å²) < 4.78 is 0. The first-order valence-corrected chi connectivity index (χ1v) is 11.6. The maximum Gasteiger partial charge on any atom is 1.00 e. The van der Waals surface area contributed by atoms with Crippen molar-refractivity contribution >= 4 is 29.1 Å². The van der Waals surface area contributed by atoms with E-state index >= 15 is 0 Å². The number of rotatable bonds is 7. The Hall–Kier alpha value is -0.804. The fourth-order valence-corrected chi connectivity index (χ4v) is 4.82. The Morgan fingerprint density at radius 1 is 1.39 bits per heavy atom. The smallest absolute Gasteiger partial charge is 0.451 e. The molecule has 5 nitrogen and oxygen atoms in total. The molecule has 0 amide bonds. The van der Waals surface area contributed by atoms with Crippen LogP contribution in [0.5, 0.6) is 0 Å². The zero-order chi connectivity index (χ0) is 23.7. The van der Waals surface area contributed by atoms with Gasteiger partial charge in [-0.15, -0.1) is 0 Å². The third-order valence-corrected chi connectivity index (χ3v) is 6.85. The van der Waals surface area contributed by atoms with Crippen molar-refractivity contribution in [1.82, 2.24) is 9.97 Å². The molecule has 0 spiro atoms. The number of hydrogen-bond acceptors (Lipinski definition) is 5. The summed E-state index contributed by atoms with van der Waals surface area (Å²) >= 11 is 7.26. The number of H-pyrrole nitrogens is 1. The molecule has 2 aromatic rings. The number of benzene rings is 1. The van der Waals surface area contributed by atoms with Gasteiger partial charge in [0.2, 0.25) is 0 Å². The summed E-state index contributed by atoms with van der Waals surface area (Å²) in [6, 6.07) is 8.58. The van der Waals surface area contributed by atoms with E-state index in [9.17, 15) is 4.79 Å². The SMILES string of the molecule is C=C(N)/C(Cl)=C(\C=C/C)Sc1cn[c-]c(=O)[nH]1.[CH2-]CC1(C[CH2-])Nc2ccccc2[C@H]1CC.[K+]. The van der Waals surface area contributed by atoms with E-state index in [4.69, 9.17) is 17.3 Å². The van der Waals surface area contributed by atoms with Gasteiger partial charge in [-0.2, -0.15) is 12.8 Å². The van der Waals surface area contributed by atoms with Gasteiger partial charge in [0.1, 0.15) is 0 Å². The molecule has 0 unspecified atom stereocenters. The number of allylic oxidation sites excluding steroid dienone is 3.